The first-order valence-electron chi connectivity index (χ1n) is 5.92. The van der Waals surface area contributed by atoms with Crippen LogP contribution in [-0.4, -0.2) is 16.0 Å². The first-order chi connectivity index (χ1) is 9.00. The predicted molar refractivity (Wildman–Crippen MR) is 78.1 cm³/mol. The third-order valence-electron chi connectivity index (χ3n) is 2.91. The Hall–Kier alpha value is -1.80. The second-order valence-corrected chi connectivity index (χ2v) is 5.09. The van der Waals surface area contributed by atoms with Gasteiger partial charge >= 0.3 is 5.97 Å². The largest absolute Gasteiger partial charge is 0.478 e. The lowest BCUT2D eigenvalue weighted by Gasteiger charge is -2.19. The minimum absolute atomic E-state index is 0.131. The maximum absolute atomic E-state index is 11.1. The number of benzene rings is 1. The summed E-state index contributed by atoms with van der Waals surface area (Å²) in [5, 5.41) is 9.10. The molecule has 0 fully saturated rings. The van der Waals surface area contributed by atoms with E-state index in [0.29, 0.717) is 5.56 Å². The van der Waals surface area contributed by atoms with Crippen molar-refractivity contribution >= 4 is 23.6 Å². The van der Waals surface area contributed by atoms with E-state index in [1.54, 1.807) is 36.4 Å². The van der Waals surface area contributed by atoms with Crippen LogP contribution in [0.1, 0.15) is 15.9 Å². The Kier molecular flexibility index (Phi) is 3.91. The molecule has 0 bridgehead atoms. The molecule has 0 saturated carbocycles. The quantitative estimate of drug-likeness (QED) is 0.669. The van der Waals surface area contributed by atoms with Crippen LogP contribution in [0.25, 0.3) is 6.08 Å². The van der Waals surface area contributed by atoms with Crippen molar-refractivity contribution in [3.8, 4) is 0 Å². The third kappa shape index (κ3) is 3.36. The number of allylic oxidation sites excluding steroid dienone is 5. The van der Waals surface area contributed by atoms with Crippen LogP contribution in [0.5, 0.6) is 0 Å². The Bertz CT molecular complexity index is 556. The maximum atomic E-state index is 11.1. The van der Waals surface area contributed by atoms with Crippen LogP contribution in [0.3, 0.4) is 0 Å². The van der Waals surface area contributed by atoms with Gasteiger partial charge in [-0.1, -0.05) is 54.7 Å². The van der Waals surface area contributed by atoms with E-state index in [9.17, 15) is 4.79 Å². The highest BCUT2D eigenvalue weighted by Crippen LogP contribution is 2.28. The summed E-state index contributed by atoms with van der Waals surface area (Å²) >= 11 is 6.39. The lowest BCUT2D eigenvalue weighted by atomic mass is 9.95. The number of alkyl halides is 1. The summed E-state index contributed by atoms with van der Waals surface area (Å²) in [5.74, 6) is -0.817. The molecule has 1 radical (unpaired) electrons. The molecule has 1 aromatic rings. The van der Waals surface area contributed by atoms with E-state index in [-0.39, 0.29) is 11.5 Å². The first kappa shape index (κ1) is 13.6. The van der Waals surface area contributed by atoms with Crippen LogP contribution < -0.4 is 0 Å². The standard InChI is InChI=1S/C16H14ClO2/c1-12-6-9-16(17,10-7-12)11-8-13-4-2-3-5-14(13)15(18)19/h2-12H,1H2,(H,18,19)/b11-8+. The zero-order valence-corrected chi connectivity index (χ0v) is 11.0. The van der Waals surface area contributed by atoms with E-state index in [0.717, 1.165) is 0 Å². The smallest absolute Gasteiger partial charge is 0.336 e. The van der Waals surface area contributed by atoms with E-state index in [4.69, 9.17) is 16.7 Å². The average Bonchev–Trinajstić information content (AvgIpc) is 2.41. The Morgan fingerprint density at radius 1 is 1.32 bits per heavy atom. The number of hydrogen-bond acceptors (Lipinski definition) is 1. The fourth-order valence-electron chi connectivity index (χ4n) is 1.83. The van der Waals surface area contributed by atoms with E-state index in [1.165, 1.54) is 0 Å². The van der Waals surface area contributed by atoms with Gasteiger partial charge in [0.1, 0.15) is 0 Å². The number of carbonyl (C=O) groups is 1. The Morgan fingerprint density at radius 3 is 2.58 bits per heavy atom. The molecule has 1 aromatic carbocycles. The summed E-state index contributed by atoms with van der Waals surface area (Å²) in [6.45, 7) is 3.88. The van der Waals surface area contributed by atoms with Crippen LogP contribution in [0.2, 0.25) is 0 Å². The van der Waals surface area contributed by atoms with E-state index in [1.807, 2.05) is 24.3 Å². The van der Waals surface area contributed by atoms with Gasteiger partial charge in [-0.3, -0.25) is 0 Å². The van der Waals surface area contributed by atoms with Gasteiger partial charge in [0.05, 0.1) is 10.4 Å². The maximum Gasteiger partial charge on any atom is 0.336 e. The number of aromatic carboxylic acids is 1. The molecule has 97 valence electrons. The topological polar surface area (TPSA) is 37.3 Å². The van der Waals surface area contributed by atoms with Gasteiger partial charge in [-0.2, -0.15) is 0 Å². The Morgan fingerprint density at radius 2 is 1.95 bits per heavy atom. The zero-order chi connectivity index (χ0) is 13.9. The summed E-state index contributed by atoms with van der Waals surface area (Å²) < 4.78 is 0. The number of halogens is 1. The molecule has 19 heavy (non-hydrogen) atoms. The minimum Gasteiger partial charge on any atom is -0.478 e. The lowest BCUT2D eigenvalue weighted by molar-refractivity contribution is 0.0696. The van der Waals surface area contributed by atoms with Gasteiger partial charge in [0.25, 0.3) is 0 Å². The number of hydrogen-bond donors (Lipinski definition) is 1. The highest BCUT2D eigenvalue weighted by molar-refractivity contribution is 6.28. The molecule has 0 unspecified atom stereocenters. The van der Waals surface area contributed by atoms with Crippen molar-refractivity contribution in [1.29, 1.82) is 0 Å². The Balaban J connectivity index is 2.27. The highest BCUT2D eigenvalue weighted by atomic mass is 35.5. The van der Waals surface area contributed by atoms with Crippen molar-refractivity contribution in [2.75, 3.05) is 0 Å². The molecular weight excluding hydrogens is 260 g/mol. The molecule has 0 heterocycles. The number of rotatable bonds is 3. The molecule has 0 aromatic heterocycles. The zero-order valence-electron chi connectivity index (χ0n) is 10.3. The minimum atomic E-state index is -0.948. The molecule has 0 atom stereocenters. The molecule has 0 saturated heterocycles. The monoisotopic (exact) mass is 273 g/mol. The van der Waals surface area contributed by atoms with Gasteiger partial charge in [0.15, 0.2) is 0 Å². The molecule has 3 heteroatoms. The van der Waals surface area contributed by atoms with Crippen LogP contribution in [0.4, 0.5) is 0 Å². The molecule has 0 spiro atoms. The van der Waals surface area contributed by atoms with Crippen LogP contribution in [0, 0.1) is 12.8 Å². The van der Waals surface area contributed by atoms with Crippen molar-refractivity contribution in [2.45, 2.75) is 4.87 Å². The molecule has 1 N–H and O–H groups in total. The average molecular weight is 274 g/mol. The fraction of sp³-hybridized carbons (Fsp3) is 0.125. The summed E-state index contributed by atoms with van der Waals surface area (Å²) in [4.78, 5) is 10.4. The fourth-order valence-corrected chi connectivity index (χ4v) is 2.04. The SMILES string of the molecule is [CH2]C1C=CC(Cl)(/C=C/c2ccccc2C(=O)O)C=C1. The van der Waals surface area contributed by atoms with Gasteiger partial charge in [0, 0.05) is 0 Å². The van der Waals surface area contributed by atoms with Crippen molar-refractivity contribution < 1.29 is 9.90 Å². The molecule has 0 amide bonds. The molecule has 2 nitrogen and oxygen atoms in total. The number of carboxylic acid groups (broad SMARTS) is 1. The van der Waals surface area contributed by atoms with E-state index in [2.05, 4.69) is 6.92 Å². The normalized spacial score (nSPS) is 25.9. The summed E-state index contributed by atoms with van der Waals surface area (Å²) in [7, 11) is 0. The van der Waals surface area contributed by atoms with Crippen LogP contribution >= 0.6 is 11.6 Å². The van der Waals surface area contributed by atoms with Gasteiger partial charge in [-0.25, -0.2) is 4.79 Å². The van der Waals surface area contributed by atoms with Crippen molar-refractivity contribution in [3.63, 3.8) is 0 Å². The number of carboxylic acids is 1. The Labute approximate surface area is 117 Å². The highest BCUT2D eigenvalue weighted by Gasteiger charge is 2.19. The molecule has 2 rings (SSSR count). The van der Waals surface area contributed by atoms with Gasteiger partial charge in [0.2, 0.25) is 0 Å². The van der Waals surface area contributed by atoms with E-state index >= 15 is 0 Å². The molecule has 0 aliphatic heterocycles. The second kappa shape index (κ2) is 5.45. The first-order valence-corrected chi connectivity index (χ1v) is 6.30. The third-order valence-corrected chi connectivity index (χ3v) is 3.29. The summed E-state index contributed by atoms with van der Waals surface area (Å²) in [6.07, 6.45) is 11.0. The van der Waals surface area contributed by atoms with Crippen LogP contribution in [-0.2, 0) is 0 Å². The predicted octanol–water partition coefficient (Wildman–Crippen LogP) is 3.95. The van der Waals surface area contributed by atoms with Crippen molar-refractivity contribution in [3.05, 3.63) is 72.7 Å². The van der Waals surface area contributed by atoms with Crippen molar-refractivity contribution in [1.82, 2.24) is 0 Å². The lowest BCUT2D eigenvalue weighted by Crippen LogP contribution is -2.14. The van der Waals surface area contributed by atoms with Gasteiger partial charge < -0.3 is 5.11 Å². The molecular formula is C16H14ClO2. The molecule has 1 aliphatic carbocycles. The second-order valence-electron chi connectivity index (χ2n) is 4.44. The van der Waals surface area contributed by atoms with E-state index < -0.39 is 10.8 Å². The van der Waals surface area contributed by atoms with Gasteiger partial charge in [-0.15, -0.1) is 11.6 Å². The summed E-state index contributed by atoms with van der Waals surface area (Å²) in [6, 6.07) is 6.82. The molecule has 1 aliphatic rings. The van der Waals surface area contributed by atoms with Gasteiger partial charge in [-0.05, 0) is 24.5 Å². The van der Waals surface area contributed by atoms with Crippen LogP contribution in [0.15, 0.2) is 54.6 Å². The summed E-state index contributed by atoms with van der Waals surface area (Å²) in [5.41, 5.74) is 0.895. The van der Waals surface area contributed by atoms with Crippen molar-refractivity contribution in [2.24, 2.45) is 5.92 Å².